The molecule has 4 rings (SSSR count). The zero-order valence-corrected chi connectivity index (χ0v) is 15.3. The molecule has 7 heteroatoms. The monoisotopic (exact) mass is 367 g/mol. The minimum atomic E-state index is -0.544. The van der Waals surface area contributed by atoms with Crippen molar-refractivity contribution in [2.75, 3.05) is 4.90 Å². The van der Waals surface area contributed by atoms with Crippen LogP contribution >= 0.6 is 11.6 Å². The number of nitrogens with zero attached hydrogens (tertiary/aromatic N) is 5. The first kappa shape index (κ1) is 16.7. The van der Waals surface area contributed by atoms with E-state index in [-0.39, 0.29) is 11.9 Å². The van der Waals surface area contributed by atoms with E-state index < -0.39 is 6.04 Å². The Balaban J connectivity index is 1.59. The van der Waals surface area contributed by atoms with Gasteiger partial charge in [-0.3, -0.25) is 4.79 Å². The molecule has 0 radical (unpaired) electrons. The predicted molar refractivity (Wildman–Crippen MR) is 100 cm³/mol. The van der Waals surface area contributed by atoms with Crippen LogP contribution < -0.4 is 4.90 Å². The van der Waals surface area contributed by atoms with Crippen LogP contribution in [0, 0.1) is 0 Å². The Hall–Kier alpha value is -2.73. The van der Waals surface area contributed by atoms with Gasteiger partial charge < -0.3 is 4.90 Å². The summed E-state index contributed by atoms with van der Waals surface area (Å²) < 4.78 is 0. The van der Waals surface area contributed by atoms with Gasteiger partial charge in [-0.05, 0) is 61.4 Å². The van der Waals surface area contributed by atoms with E-state index in [1.54, 1.807) is 19.1 Å². The molecule has 2 aromatic carbocycles. The molecule has 0 saturated heterocycles. The highest BCUT2D eigenvalue weighted by Crippen LogP contribution is 2.33. The van der Waals surface area contributed by atoms with E-state index in [0.29, 0.717) is 10.8 Å². The third-order valence-electron chi connectivity index (χ3n) is 4.68. The van der Waals surface area contributed by atoms with Crippen LogP contribution in [0.5, 0.6) is 0 Å². The van der Waals surface area contributed by atoms with E-state index in [1.165, 1.54) is 10.4 Å². The largest absolute Gasteiger partial charge is 0.307 e. The van der Waals surface area contributed by atoms with Gasteiger partial charge in [0.05, 0.1) is 0 Å². The second kappa shape index (κ2) is 6.53. The van der Waals surface area contributed by atoms with E-state index in [2.05, 4.69) is 28.4 Å². The molecular weight excluding hydrogens is 350 g/mol. The van der Waals surface area contributed by atoms with Crippen molar-refractivity contribution in [3.05, 3.63) is 59.1 Å². The quantitative estimate of drug-likeness (QED) is 0.710. The molecule has 26 heavy (non-hydrogen) atoms. The van der Waals surface area contributed by atoms with E-state index in [0.717, 1.165) is 17.7 Å². The average Bonchev–Trinajstić information content (AvgIpc) is 3.25. The molecule has 2 atom stereocenters. The van der Waals surface area contributed by atoms with Crippen LogP contribution in [0.3, 0.4) is 0 Å². The van der Waals surface area contributed by atoms with Gasteiger partial charge in [0.25, 0.3) is 5.91 Å². The summed E-state index contributed by atoms with van der Waals surface area (Å²) in [5, 5.41) is 13.2. The first-order chi connectivity index (χ1) is 12.5. The minimum absolute atomic E-state index is 0.0393. The zero-order chi connectivity index (χ0) is 18.3. The highest BCUT2D eigenvalue weighted by molar-refractivity contribution is 6.30. The van der Waals surface area contributed by atoms with Gasteiger partial charge in [-0.1, -0.05) is 29.8 Å². The molecule has 3 aromatic rings. The smallest absolute Gasteiger partial charge is 0.253 e. The number of halogens is 1. The first-order valence-electron chi connectivity index (χ1n) is 8.51. The van der Waals surface area contributed by atoms with Gasteiger partial charge in [0.1, 0.15) is 6.04 Å². The fourth-order valence-corrected chi connectivity index (χ4v) is 3.43. The summed E-state index contributed by atoms with van der Waals surface area (Å²) in [7, 11) is 0. The maximum Gasteiger partial charge on any atom is 0.253 e. The van der Waals surface area contributed by atoms with Crippen molar-refractivity contribution in [3.8, 4) is 11.4 Å². The molecule has 6 nitrogen and oxygen atoms in total. The van der Waals surface area contributed by atoms with Gasteiger partial charge >= 0.3 is 0 Å². The number of amides is 1. The van der Waals surface area contributed by atoms with Gasteiger partial charge in [0.15, 0.2) is 0 Å². The summed E-state index contributed by atoms with van der Waals surface area (Å²) in [6, 6.07) is 14.8. The molecule has 0 spiro atoms. The highest BCUT2D eigenvalue weighted by Gasteiger charge is 2.34. The lowest BCUT2D eigenvalue weighted by atomic mass is 10.1. The van der Waals surface area contributed by atoms with Crippen molar-refractivity contribution < 1.29 is 4.79 Å². The van der Waals surface area contributed by atoms with Crippen molar-refractivity contribution in [2.24, 2.45) is 0 Å². The Bertz CT molecular complexity index is 953. The lowest BCUT2D eigenvalue weighted by Crippen LogP contribution is -2.40. The third-order valence-corrected chi connectivity index (χ3v) is 4.93. The van der Waals surface area contributed by atoms with Crippen LogP contribution in [0.1, 0.15) is 25.5 Å². The van der Waals surface area contributed by atoms with Gasteiger partial charge in [-0.25, -0.2) is 0 Å². The maximum atomic E-state index is 13.1. The van der Waals surface area contributed by atoms with E-state index in [9.17, 15) is 4.79 Å². The molecule has 2 heterocycles. The molecule has 0 saturated carbocycles. The topological polar surface area (TPSA) is 63.9 Å². The van der Waals surface area contributed by atoms with Gasteiger partial charge in [-0.2, -0.15) is 4.80 Å². The molecule has 0 aliphatic carbocycles. The fourth-order valence-electron chi connectivity index (χ4n) is 3.31. The van der Waals surface area contributed by atoms with Crippen LogP contribution in [-0.4, -0.2) is 32.2 Å². The molecule has 1 aliphatic heterocycles. The number of benzene rings is 2. The van der Waals surface area contributed by atoms with E-state index in [4.69, 9.17) is 11.6 Å². The number of rotatable bonds is 3. The average molecular weight is 368 g/mol. The standard InChI is InChI=1S/C19H18ClN5O/c1-12-11-15-5-3-4-6-17(15)24(12)19(26)13(2)25-22-18(21-23-25)14-7-9-16(20)10-8-14/h3-10,12-13H,11H2,1-2H3. The first-order valence-corrected chi connectivity index (χ1v) is 8.89. The van der Waals surface area contributed by atoms with Crippen LogP contribution in [0.4, 0.5) is 5.69 Å². The summed E-state index contributed by atoms with van der Waals surface area (Å²) in [5.41, 5.74) is 2.96. The number of aromatic nitrogens is 4. The minimum Gasteiger partial charge on any atom is -0.307 e. The van der Waals surface area contributed by atoms with Crippen molar-refractivity contribution >= 4 is 23.2 Å². The number of hydrogen-bond donors (Lipinski definition) is 0. The van der Waals surface area contributed by atoms with Crippen molar-refractivity contribution in [3.63, 3.8) is 0 Å². The fraction of sp³-hybridized carbons (Fsp3) is 0.263. The number of tetrazole rings is 1. The number of para-hydroxylation sites is 1. The summed E-state index contributed by atoms with van der Waals surface area (Å²) in [6.45, 7) is 3.85. The molecule has 0 N–H and O–H groups in total. The zero-order valence-electron chi connectivity index (χ0n) is 14.5. The van der Waals surface area contributed by atoms with Crippen LogP contribution in [0.25, 0.3) is 11.4 Å². The molecule has 1 aliphatic rings. The summed E-state index contributed by atoms with van der Waals surface area (Å²) in [4.78, 5) is 16.3. The Kier molecular flexibility index (Phi) is 4.20. The van der Waals surface area contributed by atoms with Crippen LogP contribution in [-0.2, 0) is 11.2 Å². The van der Waals surface area contributed by atoms with Crippen LogP contribution in [0.2, 0.25) is 5.02 Å². The summed E-state index contributed by atoms with van der Waals surface area (Å²) in [5.74, 6) is 0.429. The van der Waals surface area contributed by atoms with Gasteiger partial charge in [-0.15, -0.1) is 10.2 Å². The molecule has 1 amide bonds. The second-order valence-electron chi connectivity index (χ2n) is 6.51. The van der Waals surface area contributed by atoms with Crippen molar-refractivity contribution in [1.82, 2.24) is 20.2 Å². The molecular formula is C19H18ClN5O. The van der Waals surface area contributed by atoms with Crippen molar-refractivity contribution in [1.29, 1.82) is 0 Å². The molecule has 132 valence electrons. The summed E-state index contributed by atoms with van der Waals surface area (Å²) in [6.07, 6.45) is 0.857. The Morgan fingerprint density at radius 1 is 1.19 bits per heavy atom. The summed E-state index contributed by atoms with van der Waals surface area (Å²) >= 11 is 5.91. The molecule has 0 fully saturated rings. The Morgan fingerprint density at radius 2 is 1.92 bits per heavy atom. The molecule has 1 aromatic heterocycles. The SMILES string of the molecule is CC1Cc2ccccc2N1C(=O)C(C)n1nnc(-c2ccc(Cl)cc2)n1. The molecule has 0 bridgehead atoms. The van der Waals surface area contributed by atoms with Crippen LogP contribution in [0.15, 0.2) is 48.5 Å². The third kappa shape index (κ3) is 2.86. The Morgan fingerprint density at radius 3 is 2.69 bits per heavy atom. The lowest BCUT2D eigenvalue weighted by Gasteiger charge is -2.25. The van der Waals surface area contributed by atoms with Gasteiger partial charge in [0.2, 0.25) is 5.82 Å². The number of anilines is 1. The predicted octanol–water partition coefficient (Wildman–Crippen LogP) is 3.53. The Labute approximate surface area is 156 Å². The second-order valence-corrected chi connectivity index (χ2v) is 6.94. The normalized spacial score (nSPS) is 17.2. The van der Waals surface area contributed by atoms with Gasteiger partial charge in [0, 0.05) is 22.3 Å². The van der Waals surface area contributed by atoms with E-state index in [1.807, 2.05) is 35.2 Å². The number of carbonyl (C=O) groups is 1. The lowest BCUT2D eigenvalue weighted by molar-refractivity contribution is -0.122. The number of carbonyl (C=O) groups excluding carboxylic acids is 1. The van der Waals surface area contributed by atoms with Crippen molar-refractivity contribution in [2.45, 2.75) is 32.4 Å². The maximum absolute atomic E-state index is 13.1. The number of hydrogen-bond acceptors (Lipinski definition) is 4. The number of fused-ring (bicyclic) bond motifs is 1. The molecule has 2 unspecified atom stereocenters. The van der Waals surface area contributed by atoms with E-state index >= 15 is 0 Å². The highest BCUT2D eigenvalue weighted by atomic mass is 35.5.